The molecule has 1 unspecified atom stereocenters. The Bertz CT molecular complexity index is 644. The summed E-state index contributed by atoms with van der Waals surface area (Å²) >= 11 is 11.9. The van der Waals surface area contributed by atoms with Crippen LogP contribution in [0.4, 0.5) is 13.2 Å². The van der Waals surface area contributed by atoms with E-state index in [0.717, 1.165) is 12.3 Å². The predicted molar refractivity (Wildman–Crippen MR) is 76.6 cm³/mol. The summed E-state index contributed by atoms with van der Waals surface area (Å²) in [4.78, 5) is 3.79. The zero-order valence-electron chi connectivity index (χ0n) is 10.9. The summed E-state index contributed by atoms with van der Waals surface area (Å²) in [5, 5.41) is 3.55. The van der Waals surface area contributed by atoms with E-state index in [0.29, 0.717) is 15.6 Å². The number of halogens is 5. The summed E-state index contributed by atoms with van der Waals surface area (Å²) in [5.41, 5.74) is -0.235. The van der Waals surface area contributed by atoms with Crippen molar-refractivity contribution < 1.29 is 13.2 Å². The highest BCUT2D eigenvalue weighted by Gasteiger charge is 2.35. The van der Waals surface area contributed by atoms with Gasteiger partial charge in [-0.3, -0.25) is 4.98 Å². The molecular weight excluding hydrogens is 324 g/mol. The Balaban J connectivity index is 2.57. The average molecular weight is 335 g/mol. The van der Waals surface area contributed by atoms with E-state index in [1.807, 2.05) is 0 Å². The highest BCUT2D eigenvalue weighted by Crippen LogP contribution is 2.37. The molecule has 0 saturated carbocycles. The summed E-state index contributed by atoms with van der Waals surface area (Å²) in [6, 6.07) is 4.88. The quantitative estimate of drug-likeness (QED) is 0.878. The predicted octanol–water partition coefficient (Wildman–Crippen LogP) is 4.72. The van der Waals surface area contributed by atoms with Gasteiger partial charge < -0.3 is 5.32 Å². The molecule has 1 N–H and O–H groups in total. The van der Waals surface area contributed by atoms with Gasteiger partial charge in [0.05, 0.1) is 11.6 Å². The first-order chi connectivity index (χ1) is 9.84. The second-order valence-corrected chi connectivity index (χ2v) is 5.19. The van der Waals surface area contributed by atoms with Gasteiger partial charge in [0, 0.05) is 28.0 Å². The van der Waals surface area contributed by atoms with Crippen LogP contribution >= 0.6 is 23.2 Å². The molecule has 2 rings (SSSR count). The molecule has 0 bridgehead atoms. The SMILES string of the molecule is CNC(c1ccc(Cl)cc1Cl)c1cnccc1C(F)(F)F. The van der Waals surface area contributed by atoms with Crippen molar-refractivity contribution in [3.63, 3.8) is 0 Å². The lowest BCUT2D eigenvalue weighted by atomic mass is 9.96. The first kappa shape index (κ1) is 16.1. The molecular formula is C14H11Cl2F3N2. The minimum absolute atomic E-state index is 0.0109. The maximum Gasteiger partial charge on any atom is 0.416 e. The van der Waals surface area contributed by atoms with E-state index >= 15 is 0 Å². The minimum atomic E-state index is -4.47. The van der Waals surface area contributed by atoms with Gasteiger partial charge in [-0.05, 0) is 30.8 Å². The summed E-state index contributed by atoms with van der Waals surface area (Å²) in [5.74, 6) is 0. The molecule has 0 radical (unpaired) electrons. The summed E-state index contributed by atoms with van der Waals surface area (Å²) in [7, 11) is 1.56. The van der Waals surface area contributed by atoms with Crippen molar-refractivity contribution in [2.24, 2.45) is 0 Å². The molecule has 2 nitrogen and oxygen atoms in total. The summed E-state index contributed by atoms with van der Waals surface area (Å²) < 4.78 is 39.3. The first-order valence-electron chi connectivity index (χ1n) is 5.98. The lowest BCUT2D eigenvalue weighted by Crippen LogP contribution is -2.22. The summed E-state index contributed by atoms with van der Waals surface area (Å²) in [6.07, 6.45) is -2.16. The van der Waals surface area contributed by atoms with Crippen molar-refractivity contribution in [2.45, 2.75) is 12.2 Å². The third-order valence-electron chi connectivity index (χ3n) is 3.03. The van der Waals surface area contributed by atoms with E-state index in [2.05, 4.69) is 10.3 Å². The molecule has 0 aliphatic heterocycles. The standard InChI is InChI=1S/C14H11Cl2F3N2/c1-20-13(9-3-2-8(15)6-12(9)16)10-7-21-5-4-11(10)14(17,18)19/h2-7,13,20H,1H3. The maximum atomic E-state index is 13.1. The van der Waals surface area contributed by atoms with Gasteiger partial charge in [-0.2, -0.15) is 13.2 Å². The van der Waals surface area contributed by atoms with E-state index in [1.54, 1.807) is 19.2 Å². The highest BCUT2D eigenvalue weighted by molar-refractivity contribution is 6.35. The van der Waals surface area contributed by atoms with Crippen LogP contribution in [-0.2, 0) is 6.18 Å². The van der Waals surface area contributed by atoms with E-state index in [-0.39, 0.29) is 5.56 Å². The number of benzene rings is 1. The molecule has 1 aromatic heterocycles. The van der Waals surface area contributed by atoms with Gasteiger partial charge in [0.1, 0.15) is 0 Å². The van der Waals surface area contributed by atoms with Crippen molar-refractivity contribution in [1.29, 1.82) is 0 Å². The smallest absolute Gasteiger partial charge is 0.309 e. The molecule has 1 atom stereocenters. The zero-order valence-corrected chi connectivity index (χ0v) is 12.4. The highest BCUT2D eigenvalue weighted by atomic mass is 35.5. The molecule has 7 heteroatoms. The number of nitrogens with one attached hydrogen (secondary N) is 1. The maximum absolute atomic E-state index is 13.1. The molecule has 0 saturated heterocycles. The number of alkyl halides is 3. The Labute approximate surface area is 129 Å². The molecule has 2 aromatic rings. The van der Waals surface area contributed by atoms with Crippen LogP contribution in [0, 0.1) is 0 Å². The van der Waals surface area contributed by atoms with Crippen LogP contribution in [0.3, 0.4) is 0 Å². The second kappa shape index (κ2) is 6.22. The fraction of sp³-hybridized carbons (Fsp3) is 0.214. The molecule has 112 valence electrons. The Morgan fingerprint density at radius 2 is 1.86 bits per heavy atom. The topological polar surface area (TPSA) is 24.9 Å². The number of rotatable bonds is 3. The van der Waals surface area contributed by atoms with Crippen LogP contribution in [0.5, 0.6) is 0 Å². The zero-order chi connectivity index (χ0) is 15.6. The van der Waals surface area contributed by atoms with E-state index in [1.165, 1.54) is 12.3 Å². The van der Waals surface area contributed by atoms with Crippen LogP contribution in [0.1, 0.15) is 22.7 Å². The van der Waals surface area contributed by atoms with Crippen LogP contribution in [0.25, 0.3) is 0 Å². The van der Waals surface area contributed by atoms with E-state index in [4.69, 9.17) is 23.2 Å². The Morgan fingerprint density at radius 3 is 2.43 bits per heavy atom. The Hall–Kier alpha value is -1.30. The van der Waals surface area contributed by atoms with Crippen molar-refractivity contribution in [3.05, 3.63) is 63.4 Å². The molecule has 0 aliphatic carbocycles. The van der Waals surface area contributed by atoms with Gasteiger partial charge in [0.15, 0.2) is 0 Å². The van der Waals surface area contributed by atoms with Crippen molar-refractivity contribution >= 4 is 23.2 Å². The number of nitrogens with zero attached hydrogens (tertiary/aromatic N) is 1. The van der Waals surface area contributed by atoms with Gasteiger partial charge in [-0.15, -0.1) is 0 Å². The van der Waals surface area contributed by atoms with Gasteiger partial charge in [0.25, 0.3) is 0 Å². The monoisotopic (exact) mass is 334 g/mol. The minimum Gasteiger partial charge on any atom is -0.309 e. The first-order valence-corrected chi connectivity index (χ1v) is 6.73. The third kappa shape index (κ3) is 3.48. The normalized spacial score (nSPS) is 13.2. The number of aromatic nitrogens is 1. The van der Waals surface area contributed by atoms with Crippen molar-refractivity contribution in [3.8, 4) is 0 Å². The van der Waals surface area contributed by atoms with Gasteiger partial charge in [-0.1, -0.05) is 29.3 Å². The van der Waals surface area contributed by atoms with Gasteiger partial charge >= 0.3 is 6.18 Å². The average Bonchev–Trinajstić information content (AvgIpc) is 2.41. The van der Waals surface area contributed by atoms with E-state index in [9.17, 15) is 13.2 Å². The largest absolute Gasteiger partial charge is 0.416 e. The fourth-order valence-corrected chi connectivity index (χ4v) is 2.63. The van der Waals surface area contributed by atoms with Crippen LogP contribution in [-0.4, -0.2) is 12.0 Å². The van der Waals surface area contributed by atoms with Crippen LogP contribution in [0.15, 0.2) is 36.7 Å². The van der Waals surface area contributed by atoms with Crippen LogP contribution in [0.2, 0.25) is 10.0 Å². The molecule has 1 aromatic carbocycles. The lowest BCUT2D eigenvalue weighted by molar-refractivity contribution is -0.138. The van der Waals surface area contributed by atoms with Crippen molar-refractivity contribution in [1.82, 2.24) is 10.3 Å². The number of pyridine rings is 1. The Kier molecular flexibility index (Phi) is 4.76. The summed E-state index contributed by atoms with van der Waals surface area (Å²) in [6.45, 7) is 0. The lowest BCUT2D eigenvalue weighted by Gasteiger charge is -2.22. The van der Waals surface area contributed by atoms with E-state index < -0.39 is 17.8 Å². The third-order valence-corrected chi connectivity index (χ3v) is 3.59. The fourth-order valence-electron chi connectivity index (χ4n) is 2.11. The van der Waals surface area contributed by atoms with Crippen LogP contribution < -0.4 is 5.32 Å². The molecule has 1 heterocycles. The Morgan fingerprint density at radius 1 is 1.14 bits per heavy atom. The molecule has 0 fully saturated rings. The van der Waals surface area contributed by atoms with Gasteiger partial charge in [-0.25, -0.2) is 0 Å². The number of hydrogen-bond acceptors (Lipinski definition) is 2. The molecule has 0 spiro atoms. The molecule has 0 aliphatic rings. The van der Waals surface area contributed by atoms with Gasteiger partial charge in [0.2, 0.25) is 0 Å². The number of hydrogen-bond donors (Lipinski definition) is 1. The second-order valence-electron chi connectivity index (χ2n) is 4.35. The molecule has 0 amide bonds. The van der Waals surface area contributed by atoms with Crippen molar-refractivity contribution in [2.75, 3.05) is 7.05 Å². The molecule has 21 heavy (non-hydrogen) atoms.